The number of benzene rings is 2. The second-order valence-electron chi connectivity index (χ2n) is 4.05. The summed E-state index contributed by atoms with van der Waals surface area (Å²) in [5.74, 6) is 0. The molecular weight excluding hydrogens is 240 g/mol. The van der Waals surface area contributed by atoms with Gasteiger partial charge in [0, 0.05) is 0 Å². The van der Waals surface area contributed by atoms with Gasteiger partial charge in [0.05, 0.1) is 0 Å². The summed E-state index contributed by atoms with van der Waals surface area (Å²) in [4.78, 5) is 0. The molecule has 0 saturated carbocycles. The highest BCUT2D eigenvalue weighted by molar-refractivity contribution is 5.72. The molecule has 0 aliphatic heterocycles. The Bertz CT molecular complexity index is 459. The molecule has 0 fully saturated rings. The Morgan fingerprint density at radius 2 is 0.850 bits per heavy atom. The molecule has 2 aromatic rings. The zero-order chi connectivity index (χ0) is 15.4. The molecule has 0 radical (unpaired) electrons. The summed E-state index contributed by atoms with van der Waals surface area (Å²) in [6.45, 7) is 12.3. The van der Waals surface area contributed by atoms with Crippen LogP contribution in [0.3, 0.4) is 0 Å². The molecule has 0 amide bonds. The van der Waals surface area contributed by atoms with Crippen molar-refractivity contribution in [2.75, 3.05) is 0 Å². The molecule has 0 aliphatic rings. The molecule has 2 aromatic carbocycles. The van der Waals surface area contributed by atoms with E-state index < -0.39 is 0 Å². The van der Waals surface area contributed by atoms with E-state index in [1.54, 1.807) is 0 Å². The van der Waals surface area contributed by atoms with E-state index in [2.05, 4.69) is 74.5 Å². The first-order valence-corrected chi connectivity index (χ1v) is 7.57. The minimum atomic E-state index is 1.28. The van der Waals surface area contributed by atoms with Crippen LogP contribution >= 0.6 is 0 Å². The minimum Gasteiger partial charge on any atom is -0.0683 e. The Morgan fingerprint density at radius 1 is 0.550 bits per heavy atom. The van der Waals surface area contributed by atoms with Crippen LogP contribution in [-0.4, -0.2) is 0 Å². The maximum absolute atomic E-state index is 2.18. The van der Waals surface area contributed by atoms with E-state index in [0.29, 0.717) is 0 Å². The molecule has 108 valence electrons. The molecule has 0 heteroatoms. The standard InChI is InChI=1S/C16H16.2C2H6/c1-13-7-3-5-9-15(13)11-12-16-10-6-4-8-14(16)2;2*1-2/h3-12H,1-2H3;2*1-2H3/b12-11-;;. The van der Waals surface area contributed by atoms with Crippen molar-refractivity contribution in [2.45, 2.75) is 41.5 Å². The largest absolute Gasteiger partial charge is 0.0683 e. The molecule has 0 bridgehead atoms. The molecule has 0 unspecified atom stereocenters. The third-order valence-electron chi connectivity index (χ3n) is 2.82. The number of aryl methyl sites for hydroxylation is 2. The quantitative estimate of drug-likeness (QED) is 0.543. The van der Waals surface area contributed by atoms with Gasteiger partial charge in [-0.15, -0.1) is 0 Å². The van der Waals surface area contributed by atoms with Crippen molar-refractivity contribution < 1.29 is 0 Å². The number of rotatable bonds is 2. The summed E-state index contributed by atoms with van der Waals surface area (Å²) in [7, 11) is 0. The van der Waals surface area contributed by atoms with Crippen LogP contribution in [0.4, 0.5) is 0 Å². The minimum absolute atomic E-state index is 1.28. The van der Waals surface area contributed by atoms with Crippen LogP contribution in [0.1, 0.15) is 49.9 Å². The van der Waals surface area contributed by atoms with Crippen molar-refractivity contribution in [2.24, 2.45) is 0 Å². The molecule has 0 spiro atoms. The second-order valence-corrected chi connectivity index (χ2v) is 4.05. The zero-order valence-corrected chi connectivity index (χ0v) is 13.8. The van der Waals surface area contributed by atoms with E-state index in [1.165, 1.54) is 22.3 Å². The fourth-order valence-electron chi connectivity index (χ4n) is 1.73. The van der Waals surface area contributed by atoms with Crippen LogP contribution < -0.4 is 0 Å². The average Bonchev–Trinajstić information content (AvgIpc) is 2.52. The van der Waals surface area contributed by atoms with E-state index >= 15 is 0 Å². The molecule has 0 atom stereocenters. The Kier molecular flexibility index (Phi) is 10.0. The predicted molar refractivity (Wildman–Crippen MR) is 94.0 cm³/mol. The van der Waals surface area contributed by atoms with E-state index in [0.717, 1.165) is 0 Å². The summed E-state index contributed by atoms with van der Waals surface area (Å²) >= 11 is 0. The summed E-state index contributed by atoms with van der Waals surface area (Å²) in [5, 5.41) is 0. The Morgan fingerprint density at radius 3 is 1.15 bits per heavy atom. The first-order valence-electron chi connectivity index (χ1n) is 7.57. The Hall–Kier alpha value is -1.82. The topological polar surface area (TPSA) is 0 Å². The highest BCUT2D eigenvalue weighted by atomic mass is 14.0. The SMILES string of the molecule is CC.CC.Cc1ccccc1/C=C\c1ccccc1C. The highest BCUT2D eigenvalue weighted by Crippen LogP contribution is 2.14. The van der Waals surface area contributed by atoms with Crippen LogP contribution in [0.2, 0.25) is 0 Å². The third kappa shape index (κ3) is 5.88. The summed E-state index contributed by atoms with van der Waals surface area (Å²) < 4.78 is 0. The summed E-state index contributed by atoms with van der Waals surface area (Å²) in [6.07, 6.45) is 4.36. The van der Waals surface area contributed by atoms with E-state index in [1.807, 2.05) is 27.7 Å². The van der Waals surface area contributed by atoms with Crippen molar-refractivity contribution >= 4 is 12.2 Å². The first kappa shape index (κ1) is 18.2. The lowest BCUT2D eigenvalue weighted by molar-refractivity contribution is 1.43. The Labute approximate surface area is 125 Å². The van der Waals surface area contributed by atoms with Gasteiger partial charge in [-0.2, -0.15) is 0 Å². The molecule has 2 rings (SSSR count). The molecule has 0 nitrogen and oxygen atoms in total. The molecule has 0 saturated heterocycles. The van der Waals surface area contributed by atoms with Gasteiger partial charge >= 0.3 is 0 Å². The molecule has 0 aliphatic carbocycles. The highest BCUT2D eigenvalue weighted by Gasteiger charge is 1.93. The summed E-state index contributed by atoms with van der Waals surface area (Å²) in [5.41, 5.74) is 5.19. The average molecular weight is 268 g/mol. The van der Waals surface area contributed by atoms with Gasteiger partial charge in [-0.25, -0.2) is 0 Å². The van der Waals surface area contributed by atoms with Crippen LogP contribution in [0, 0.1) is 13.8 Å². The zero-order valence-electron chi connectivity index (χ0n) is 13.8. The van der Waals surface area contributed by atoms with Gasteiger partial charge in [0.15, 0.2) is 0 Å². The van der Waals surface area contributed by atoms with E-state index in [-0.39, 0.29) is 0 Å². The second kappa shape index (κ2) is 11.0. The van der Waals surface area contributed by atoms with Crippen LogP contribution in [-0.2, 0) is 0 Å². The van der Waals surface area contributed by atoms with Crippen molar-refractivity contribution in [1.29, 1.82) is 0 Å². The third-order valence-corrected chi connectivity index (χ3v) is 2.82. The van der Waals surface area contributed by atoms with Gasteiger partial charge in [0.2, 0.25) is 0 Å². The van der Waals surface area contributed by atoms with Crippen molar-refractivity contribution in [3.8, 4) is 0 Å². The molecule has 0 N–H and O–H groups in total. The molecule has 0 heterocycles. The lowest BCUT2D eigenvalue weighted by Gasteiger charge is -2.01. The Balaban J connectivity index is 0.000000829. The number of hydrogen-bond acceptors (Lipinski definition) is 0. The summed E-state index contributed by atoms with van der Waals surface area (Å²) in [6, 6.07) is 16.8. The monoisotopic (exact) mass is 268 g/mol. The van der Waals surface area contributed by atoms with Gasteiger partial charge in [-0.05, 0) is 36.1 Å². The fourth-order valence-corrected chi connectivity index (χ4v) is 1.73. The van der Waals surface area contributed by atoms with Gasteiger partial charge < -0.3 is 0 Å². The normalized spacial score (nSPS) is 9.30. The molecular formula is C20H28. The van der Waals surface area contributed by atoms with Crippen LogP contribution in [0.25, 0.3) is 12.2 Å². The smallest absolute Gasteiger partial charge is 0.0227 e. The first-order chi connectivity index (χ1) is 9.77. The van der Waals surface area contributed by atoms with Crippen LogP contribution in [0.15, 0.2) is 48.5 Å². The lowest BCUT2D eigenvalue weighted by atomic mass is 10.0. The predicted octanol–water partition coefficient (Wildman–Crippen LogP) is 6.53. The maximum Gasteiger partial charge on any atom is -0.0227 e. The maximum atomic E-state index is 2.18. The van der Waals surface area contributed by atoms with Crippen LogP contribution in [0.5, 0.6) is 0 Å². The van der Waals surface area contributed by atoms with Crippen molar-refractivity contribution in [3.63, 3.8) is 0 Å². The van der Waals surface area contributed by atoms with Gasteiger partial charge in [0.25, 0.3) is 0 Å². The van der Waals surface area contributed by atoms with Gasteiger partial charge in [0.1, 0.15) is 0 Å². The van der Waals surface area contributed by atoms with E-state index in [4.69, 9.17) is 0 Å². The molecule has 0 aromatic heterocycles. The van der Waals surface area contributed by atoms with Gasteiger partial charge in [-0.3, -0.25) is 0 Å². The fraction of sp³-hybridized carbons (Fsp3) is 0.300. The van der Waals surface area contributed by atoms with Crippen molar-refractivity contribution in [3.05, 3.63) is 70.8 Å². The number of hydrogen-bond donors (Lipinski definition) is 0. The van der Waals surface area contributed by atoms with Gasteiger partial charge in [-0.1, -0.05) is 88.4 Å². The molecule has 20 heavy (non-hydrogen) atoms. The van der Waals surface area contributed by atoms with Crippen molar-refractivity contribution in [1.82, 2.24) is 0 Å². The lowest BCUT2D eigenvalue weighted by Crippen LogP contribution is -1.80. The van der Waals surface area contributed by atoms with E-state index in [9.17, 15) is 0 Å².